The quantitative estimate of drug-likeness (QED) is 0.836. The second-order valence-corrected chi connectivity index (χ2v) is 6.07. The summed E-state index contributed by atoms with van der Waals surface area (Å²) in [5, 5.41) is 3.59. The second-order valence-electron chi connectivity index (χ2n) is 6.07. The van der Waals surface area contributed by atoms with Crippen LogP contribution in [0.5, 0.6) is 0 Å². The zero-order valence-corrected chi connectivity index (χ0v) is 12.4. The van der Waals surface area contributed by atoms with Gasteiger partial charge in [0.1, 0.15) is 5.82 Å². The van der Waals surface area contributed by atoms with Gasteiger partial charge in [-0.3, -0.25) is 0 Å². The van der Waals surface area contributed by atoms with Crippen molar-refractivity contribution >= 4 is 0 Å². The number of aryl methyl sites for hydroxylation is 1. The molecule has 3 unspecified atom stereocenters. The maximum absolute atomic E-state index is 13.6. The van der Waals surface area contributed by atoms with Crippen molar-refractivity contribution in [3.63, 3.8) is 0 Å². The molecule has 0 amide bonds. The second kappa shape index (κ2) is 6.51. The Labute approximate surface area is 116 Å². The van der Waals surface area contributed by atoms with E-state index in [0.29, 0.717) is 12.0 Å². The fourth-order valence-electron chi connectivity index (χ4n) is 3.48. The van der Waals surface area contributed by atoms with Gasteiger partial charge < -0.3 is 5.32 Å². The lowest BCUT2D eigenvalue weighted by atomic mass is 9.76. The SMILES string of the molecule is CCNC(c1cc(F)ccc1C)C1CCCC(C)C1. The zero-order chi connectivity index (χ0) is 13.8. The third-order valence-electron chi connectivity index (χ3n) is 4.45. The first-order chi connectivity index (χ1) is 9.11. The summed E-state index contributed by atoms with van der Waals surface area (Å²) in [5.41, 5.74) is 2.35. The molecule has 1 aliphatic rings. The Kier molecular flexibility index (Phi) is 4.98. The van der Waals surface area contributed by atoms with E-state index < -0.39 is 0 Å². The number of rotatable bonds is 4. The fourth-order valence-corrected chi connectivity index (χ4v) is 3.48. The van der Waals surface area contributed by atoms with Crippen LogP contribution in [0, 0.1) is 24.6 Å². The topological polar surface area (TPSA) is 12.0 Å². The van der Waals surface area contributed by atoms with Crippen LogP contribution in [0.1, 0.15) is 56.7 Å². The highest BCUT2D eigenvalue weighted by Crippen LogP contribution is 2.38. The highest BCUT2D eigenvalue weighted by molar-refractivity contribution is 5.30. The van der Waals surface area contributed by atoms with Crippen molar-refractivity contribution in [1.82, 2.24) is 5.32 Å². The highest BCUT2D eigenvalue weighted by Gasteiger charge is 2.28. The zero-order valence-electron chi connectivity index (χ0n) is 12.4. The van der Waals surface area contributed by atoms with Crippen molar-refractivity contribution in [2.75, 3.05) is 6.54 Å². The van der Waals surface area contributed by atoms with Crippen molar-refractivity contribution < 1.29 is 4.39 Å². The number of hydrogen-bond donors (Lipinski definition) is 1. The van der Waals surface area contributed by atoms with Crippen molar-refractivity contribution in [1.29, 1.82) is 0 Å². The van der Waals surface area contributed by atoms with Gasteiger partial charge in [0.15, 0.2) is 0 Å². The van der Waals surface area contributed by atoms with Crippen LogP contribution in [0.25, 0.3) is 0 Å². The van der Waals surface area contributed by atoms with Gasteiger partial charge in [-0.25, -0.2) is 4.39 Å². The van der Waals surface area contributed by atoms with Crippen LogP contribution < -0.4 is 5.32 Å². The van der Waals surface area contributed by atoms with Crippen LogP contribution in [0.4, 0.5) is 4.39 Å². The van der Waals surface area contributed by atoms with E-state index in [1.54, 1.807) is 12.1 Å². The Balaban J connectivity index is 2.25. The molecule has 1 nitrogen and oxygen atoms in total. The van der Waals surface area contributed by atoms with Gasteiger partial charge in [0.2, 0.25) is 0 Å². The smallest absolute Gasteiger partial charge is 0.123 e. The van der Waals surface area contributed by atoms with Crippen LogP contribution in [0.2, 0.25) is 0 Å². The van der Waals surface area contributed by atoms with Gasteiger partial charge in [-0.1, -0.05) is 32.8 Å². The molecule has 1 N–H and O–H groups in total. The lowest BCUT2D eigenvalue weighted by molar-refractivity contribution is 0.224. The van der Waals surface area contributed by atoms with Crippen molar-refractivity contribution in [2.24, 2.45) is 11.8 Å². The molecule has 1 aromatic rings. The molecule has 0 aromatic heterocycles. The average molecular weight is 263 g/mol. The molecule has 19 heavy (non-hydrogen) atoms. The Hall–Kier alpha value is -0.890. The van der Waals surface area contributed by atoms with E-state index in [4.69, 9.17) is 0 Å². The molecule has 0 aliphatic heterocycles. The predicted octanol–water partition coefficient (Wildman–Crippen LogP) is 4.61. The largest absolute Gasteiger partial charge is 0.310 e. The molecule has 0 spiro atoms. The third-order valence-corrected chi connectivity index (χ3v) is 4.45. The Morgan fingerprint density at radius 2 is 2.16 bits per heavy atom. The molecule has 2 rings (SSSR count). The molecular formula is C17H26FN. The normalized spacial score (nSPS) is 25.3. The summed E-state index contributed by atoms with van der Waals surface area (Å²) in [5.74, 6) is 1.32. The van der Waals surface area contributed by atoms with Crippen molar-refractivity contribution in [3.05, 3.63) is 35.1 Å². The van der Waals surface area contributed by atoms with Crippen LogP contribution >= 0.6 is 0 Å². The molecule has 106 valence electrons. The van der Waals surface area contributed by atoms with Crippen molar-refractivity contribution in [3.8, 4) is 0 Å². The highest BCUT2D eigenvalue weighted by atomic mass is 19.1. The van der Waals surface area contributed by atoms with Crippen LogP contribution in [0.3, 0.4) is 0 Å². The number of benzene rings is 1. The molecule has 1 fully saturated rings. The summed E-state index contributed by atoms with van der Waals surface area (Å²) < 4.78 is 13.6. The van der Waals surface area contributed by atoms with E-state index >= 15 is 0 Å². The van der Waals surface area contributed by atoms with E-state index in [1.165, 1.54) is 31.2 Å². The van der Waals surface area contributed by atoms with Crippen LogP contribution in [-0.2, 0) is 0 Å². The Morgan fingerprint density at radius 1 is 1.37 bits per heavy atom. The summed E-state index contributed by atoms with van der Waals surface area (Å²) >= 11 is 0. The fraction of sp³-hybridized carbons (Fsp3) is 0.647. The first kappa shape index (κ1) is 14.5. The van der Waals surface area contributed by atoms with E-state index in [0.717, 1.165) is 18.0 Å². The Morgan fingerprint density at radius 3 is 2.84 bits per heavy atom. The van der Waals surface area contributed by atoms with Gasteiger partial charge in [0.05, 0.1) is 0 Å². The molecule has 0 radical (unpaired) electrons. The number of nitrogens with one attached hydrogen (secondary N) is 1. The maximum atomic E-state index is 13.6. The van der Waals surface area contributed by atoms with Gasteiger partial charge in [0.25, 0.3) is 0 Å². The molecule has 0 heterocycles. The van der Waals surface area contributed by atoms with Gasteiger partial charge in [-0.2, -0.15) is 0 Å². The lowest BCUT2D eigenvalue weighted by Crippen LogP contribution is -2.31. The molecule has 2 heteroatoms. The van der Waals surface area contributed by atoms with Crippen molar-refractivity contribution in [2.45, 2.75) is 52.5 Å². The first-order valence-corrected chi connectivity index (χ1v) is 7.61. The number of hydrogen-bond acceptors (Lipinski definition) is 1. The average Bonchev–Trinajstić information content (AvgIpc) is 2.39. The maximum Gasteiger partial charge on any atom is 0.123 e. The summed E-state index contributed by atoms with van der Waals surface area (Å²) in [6.45, 7) is 7.50. The molecule has 0 bridgehead atoms. The molecule has 1 aliphatic carbocycles. The molecule has 1 aromatic carbocycles. The van der Waals surface area contributed by atoms with E-state index in [2.05, 4.69) is 26.1 Å². The molecule has 0 saturated heterocycles. The monoisotopic (exact) mass is 263 g/mol. The molecule has 3 atom stereocenters. The van der Waals surface area contributed by atoms with Gasteiger partial charge >= 0.3 is 0 Å². The molecular weight excluding hydrogens is 237 g/mol. The van der Waals surface area contributed by atoms with E-state index in [1.807, 2.05) is 6.07 Å². The first-order valence-electron chi connectivity index (χ1n) is 7.61. The van der Waals surface area contributed by atoms with Crippen LogP contribution in [-0.4, -0.2) is 6.54 Å². The summed E-state index contributed by atoms with van der Waals surface area (Å²) in [7, 11) is 0. The van der Waals surface area contributed by atoms with Crippen LogP contribution in [0.15, 0.2) is 18.2 Å². The van der Waals surface area contributed by atoms with Gasteiger partial charge in [-0.05, 0) is 61.4 Å². The lowest BCUT2D eigenvalue weighted by Gasteiger charge is -2.34. The number of halogens is 1. The van der Waals surface area contributed by atoms with E-state index in [9.17, 15) is 4.39 Å². The summed E-state index contributed by atoms with van der Waals surface area (Å²) in [4.78, 5) is 0. The molecule has 1 saturated carbocycles. The summed E-state index contributed by atoms with van der Waals surface area (Å²) in [6, 6.07) is 5.50. The standard InChI is InChI=1S/C17H26FN/c1-4-19-17(14-7-5-6-12(2)10-14)16-11-15(18)9-8-13(16)3/h8-9,11-12,14,17,19H,4-7,10H2,1-3H3. The summed E-state index contributed by atoms with van der Waals surface area (Å²) in [6.07, 6.45) is 5.17. The predicted molar refractivity (Wildman–Crippen MR) is 78.7 cm³/mol. The minimum Gasteiger partial charge on any atom is -0.310 e. The minimum absolute atomic E-state index is 0.118. The van der Waals surface area contributed by atoms with Gasteiger partial charge in [0, 0.05) is 6.04 Å². The van der Waals surface area contributed by atoms with Gasteiger partial charge in [-0.15, -0.1) is 0 Å². The third kappa shape index (κ3) is 3.56. The minimum atomic E-state index is -0.118. The van der Waals surface area contributed by atoms with E-state index in [-0.39, 0.29) is 5.82 Å². The Bertz CT molecular complexity index is 416.